The molecule has 0 N–H and O–H groups in total. The van der Waals surface area contributed by atoms with E-state index in [2.05, 4.69) is 10.00 Å². The monoisotopic (exact) mass is 398 g/mol. The number of sulfonamides is 1. The first-order valence-corrected chi connectivity index (χ1v) is 10.2. The lowest BCUT2D eigenvalue weighted by atomic mass is 10.2. The fraction of sp³-hybridized carbons (Fsp3) is 0.500. The van der Waals surface area contributed by atoms with Gasteiger partial charge < -0.3 is 4.90 Å². The second kappa shape index (κ2) is 8.99. The summed E-state index contributed by atoms with van der Waals surface area (Å²) in [4.78, 5) is 2.76. The molecule has 0 aliphatic carbocycles. The summed E-state index contributed by atoms with van der Waals surface area (Å²) in [7, 11) is -3.43. The Hall–Kier alpha value is -1.41. The highest BCUT2D eigenvalue weighted by molar-refractivity contribution is 7.89. The van der Waals surface area contributed by atoms with Crippen LogP contribution in [0.1, 0.15) is 17.5 Å². The molecule has 0 amide bonds. The van der Waals surface area contributed by atoms with Crippen molar-refractivity contribution in [2.45, 2.75) is 31.7 Å². The van der Waals surface area contributed by atoms with Crippen molar-refractivity contribution in [2.75, 3.05) is 32.7 Å². The van der Waals surface area contributed by atoms with Gasteiger partial charge in [-0.3, -0.25) is 4.68 Å². The zero-order valence-corrected chi connectivity index (χ0v) is 17.0. The van der Waals surface area contributed by atoms with Gasteiger partial charge in [-0.05, 0) is 50.1 Å². The van der Waals surface area contributed by atoms with E-state index >= 15 is 0 Å². The molecule has 26 heavy (non-hydrogen) atoms. The molecule has 1 aromatic carbocycles. The van der Waals surface area contributed by atoms with Crippen molar-refractivity contribution in [1.29, 1.82) is 0 Å². The standard InChI is InChI=1S/C18H26N4O2S.ClH/c1-16-5-6-17(2)18(15-16)25(23,24)22-10-4-8-20(12-14-22)11-13-21-9-3-7-19-21;/h3,5-7,9,15H,4,8,10-14H2,1-2H3;1H. The number of nitrogens with zero attached hydrogens (tertiary/aromatic N) is 4. The van der Waals surface area contributed by atoms with E-state index < -0.39 is 10.0 Å². The van der Waals surface area contributed by atoms with E-state index in [-0.39, 0.29) is 12.4 Å². The Balaban J connectivity index is 0.00000243. The molecule has 6 nitrogen and oxygen atoms in total. The lowest BCUT2D eigenvalue weighted by molar-refractivity contribution is 0.270. The van der Waals surface area contributed by atoms with Crippen molar-refractivity contribution >= 4 is 22.4 Å². The highest BCUT2D eigenvalue weighted by Crippen LogP contribution is 2.22. The van der Waals surface area contributed by atoms with Crippen LogP contribution >= 0.6 is 12.4 Å². The average molecular weight is 399 g/mol. The third-order valence-corrected chi connectivity index (χ3v) is 6.75. The molecule has 0 spiro atoms. The first kappa shape index (κ1) is 20.9. The lowest BCUT2D eigenvalue weighted by Crippen LogP contribution is -2.36. The van der Waals surface area contributed by atoms with Crippen molar-refractivity contribution in [3.05, 3.63) is 47.8 Å². The highest BCUT2D eigenvalue weighted by atomic mass is 35.5. The van der Waals surface area contributed by atoms with E-state index in [0.29, 0.717) is 18.0 Å². The second-order valence-corrected chi connectivity index (χ2v) is 8.54. The molecule has 8 heteroatoms. The number of hydrogen-bond acceptors (Lipinski definition) is 4. The minimum atomic E-state index is -3.43. The number of aryl methyl sites for hydroxylation is 2. The maximum absolute atomic E-state index is 13.1. The Labute approximate surface area is 162 Å². The van der Waals surface area contributed by atoms with Crippen molar-refractivity contribution in [3.8, 4) is 0 Å². The zero-order chi connectivity index (χ0) is 17.9. The molecule has 0 radical (unpaired) electrons. The molecule has 0 atom stereocenters. The van der Waals surface area contributed by atoms with Gasteiger partial charge in [0, 0.05) is 38.6 Å². The maximum atomic E-state index is 13.1. The van der Waals surface area contributed by atoms with Crippen LogP contribution in [0, 0.1) is 13.8 Å². The smallest absolute Gasteiger partial charge is 0.243 e. The van der Waals surface area contributed by atoms with Crippen molar-refractivity contribution in [2.24, 2.45) is 0 Å². The Morgan fingerprint density at radius 2 is 1.88 bits per heavy atom. The van der Waals surface area contributed by atoms with Crippen LogP contribution in [0.25, 0.3) is 0 Å². The van der Waals surface area contributed by atoms with E-state index in [0.717, 1.165) is 43.7 Å². The maximum Gasteiger partial charge on any atom is 0.243 e. The van der Waals surface area contributed by atoms with Crippen molar-refractivity contribution < 1.29 is 8.42 Å². The topological polar surface area (TPSA) is 58.4 Å². The molecule has 1 saturated heterocycles. The van der Waals surface area contributed by atoms with Gasteiger partial charge in [-0.15, -0.1) is 12.4 Å². The quantitative estimate of drug-likeness (QED) is 0.775. The van der Waals surface area contributed by atoms with Crippen LogP contribution in [-0.2, 0) is 16.6 Å². The minimum absolute atomic E-state index is 0. The summed E-state index contributed by atoms with van der Waals surface area (Å²) in [5.41, 5.74) is 1.78. The fourth-order valence-corrected chi connectivity index (χ4v) is 4.99. The molecule has 1 aliphatic heterocycles. The number of aromatic nitrogens is 2. The zero-order valence-electron chi connectivity index (χ0n) is 15.3. The Kier molecular flexibility index (Phi) is 7.23. The average Bonchev–Trinajstić information content (AvgIpc) is 2.98. The van der Waals surface area contributed by atoms with Gasteiger partial charge in [0.25, 0.3) is 0 Å². The molecule has 3 rings (SSSR count). The number of rotatable bonds is 5. The SMILES string of the molecule is Cc1ccc(C)c(S(=O)(=O)N2CCCN(CCn3cccn3)CC2)c1.Cl. The van der Waals surface area contributed by atoms with Crippen LogP contribution < -0.4 is 0 Å². The van der Waals surface area contributed by atoms with Crippen LogP contribution in [-0.4, -0.2) is 60.1 Å². The number of halogens is 1. The molecule has 1 aliphatic rings. The molecular weight excluding hydrogens is 372 g/mol. The normalized spacial score (nSPS) is 16.8. The summed E-state index contributed by atoms with van der Waals surface area (Å²) < 4.78 is 29.7. The molecule has 0 unspecified atom stereocenters. The van der Waals surface area contributed by atoms with Gasteiger partial charge >= 0.3 is 0 Å². The predicted molar refractivity (Wildman–Crippen MR) is 105 cm³/mol. The van der Waals surface area contributed by atoms with Crippen LogP contribution in [0.3, 0.4) is 0 Å². The molecule has 2 heterocycles. The van der Waals surface area contributed by atoms with Crippen molar-refractivity contribution in [3.63, 3.8) is 0 Å². The van der Waals surface area contributed by atoms with E-state index in [1.54, 1.807) is 16.6 Å². The van der Waals surface area contributed by atoms with E-state index in [4.69, 9.17) is 0 Å². The van der Waals surface area contributed by atoms with Gasteiger partial charge in [0.15, 0.2) is 0 Å². The Morgan fingerprint density at radius 1 is 1.08 bits per heavy atom. The Morgan fingerprint density at radius 3 is 2.62 bits per heavy atom. The van der Waals surface area contributed by atoms with Gasteiger partial charge in [-0.25, -0.2) is 8.42 Å². The molecule has 1 fully saturated rings. The summed E-state index contributed by atoms with van der Waals surface area (Å²) >= 11 is 0. The molecule has 144 valence electrons. The van der Waals surface area contributed by atoms with Crippen LogP contribution in [0.4, 0.5) is 0 Å². The molecular formula is C18H27ClN4O2S. The molecule has 2 aromatic rings. The third-order valence-electron chi connectivity index (χ3n) is 4.71. The summed E-state index contributed by atoms with van der Waals surface area (Å²) in [6, 6.07) is 7.54. The molecule has 1 aromatic heterocycles. The summed E-state index contributed by atoms with van der Waals surface area (Å²) in [6.07, 6.45) is 4.58. The van der Waals surface area contributed by atoms with Crippen molar-refractivity contribution in [1.82, 2.24) is 19.0 Å². The van der Waals surface area contributed by atoms with Crippen LogP contribution in [0.15, 0.2) is 41.6 Å². The Bertz CT molecular complexity index is 809. The first-order chi connectivity index (χ1) is 12.0. The highest BCUT2D eigenvalue weighted by Gasteiger charge is 2.28. The molecule has 0 saturated carbocycles. The summed E-state index contributed by atoms with van der Waals surface area (Å²) in [5, 5.41) is 4.22. The summed E-state index contributed by atoms with van der Waals surface area (Å²) in [5.74, 6) is 0. The van der Waals surface area contributed by atoms with E-state index in [1.165, 1.54) is 0 Å². The van der Waals surface area contributed by atoms with Crippen LogP contribution in [0.5, 0.6) is 0 Å². The fourth-order valence-electron chi connectivity index (χ4n) is 3.21. The van der Waals surface area contributed by atoms with Crippen LogP contribution in [0.2, 0.25) is 0 Å². The number of hydrogen-bond donors (Lipinski definition) is 0. The van der Waals surface area contributed by atoms with Gasteiger partial charge in [-0.1, -0.05) is 12.1 Å². The third kappa shape index (κ3) is 4.85. The minimum Gasteiger partial charge on any atom is -0.300 e. The summed E-state index contributed by atoms with van der Waals surface area (Å²) in [6.45, 7) is 8.29. The van der Waals surface area contributed by atoms with Gasteiger partial charge in [0.05, 0.1) is 11.4 Å². The largest absolute Gasteiger partial charge is 0.300 e. The number of benzene rings is 1. The second-order valence-electron chi connectivity index (χ2n) is 6.64. The van der Waals surface area contributed by atoms with Gasteiger partial charge in [0.2, 0.25) is 10.0 Å². The molecule has 0 bridgehead atoms. The van der Waals surface area contributed by atoms with Gasteiger partial charge in [-0.2, -0.15) is 9.40 Å². The van der Waals surface area contributed by atoms with E-state index in [9.17, 15) is 8.42 Å². The first-order valence-electron chi connectivity index (χ1n) is 8.74. The van der Waals surface area contributed by atoms with Gasteiger partial charge in [0.1, 0.15) is 0 Å². The lowest BCUT2D eigenvalue weighted by Gasteiger charge is -2.22. The predicted octanol–water partition coefficient (Wildman–Crippen LogP) is 2.32. The van der Waals surface area contributed by atoms with E-state index in [1.807, 2.05) is 42.9 Å².